The van der Waals surface area contributed by atoms with Gasteiger partial charge in [-0.15, -0.1) is 0 Å². The van der Waals surface area contributed by atoms with Crippen molar-refractivity contribution in [3.05, 3.63) is 28.8 Å². The summed E-state index contributed by atoms with van der Waals surface area (Å²) in [5.74, 6) is 0. The Morgan fingerprint density at radius 1 is 1.53 bits per heavy atom. The molecule has 2 rings (SSSR count). The van der Waals surface area contributed by atoms with Gasteiger partial charge >= 0.3 is 0 Å². The predicted molar refractivity (Wildman–Crippen MR) is 69.1 cm³/mol. The number of hydrogen-bond acceptors (Lipinski definition) is 3. The number of carbonyl (C=O) groups excluding carboxylic acids is 1. The number of ether oxygens (including phenoxy) is 1. The second-order valence-electron chi connectivity index (χ2n) is 4.34. The van der Waals surface area contributed by atoms with Gasteiger partial charge in [0.2, 0.25) is 0 Å². The summed E-state index contributed by atoms with van der Waals surface area (Å²) in [6.07, 6.45) is 1.97. The van der Waals surface area contributed by atoms with E-state index in [1.807, 2.05) is 14.0 Å². The lowest BCUT2D eigenvalue weighted by Gasteiger charge is -2.30. The summed E-state index contributed by atoms with van der Waals surface area (Å²) in [5.41, 5.74) is 1.42. The summed E-state index contributed by atoms with van der Waals surface area (Å²) in [6, 6.07) is 5.65. The van der Waals surface area contributed by atoms with Crippen molar-refractivity contribution in [1.29, 1.82) is 0 Å². The van der Waals surface area contributed by atoms with Crippen molar-refractivity contribution in [2.45, 2.75) is 25.5 Å². The summed E-state index contributed by atoms with van der Waals surface area (Å²) in [6.45, 7) is 2.81. The summed E-state index contributed by atoms with van der Waals surface area (Å²) in [7, 11) is 1.96. The summed E-state index contributed by atoms with van der Waals surface area (Å²) < 4.78 is 5.55. The maximum absolute atomic E-state index is 11.1. The largest absolute Gasteiger partial charge is 0.376 e. The van der Waals surface area contributed by atoms with Gasteiger partial charge in [0.05, 0.1) is 22.9 Å². The van der Waals surface area contributed by atoms with E-state index in [0.717, 1.165) is 25.0 Å². The Morgan fingerprint density at radius 2 is 2.29 bits per heavy atom. The highest BCUT2D eigenvalue weighted by Crippen LogP contribution is 2.32. The Labute approximate surface area is 106 Å². The van der Waals surface area contributed by atoms with E-state index < -0.39 is 0 Å². The van der Waals surface area contributed by atoms with Crippen LogP contribution in [0.25, 0.3) is 0 Å². The molecule has 1 aliphatic rings. The van der Waals surface area contributed by atoms with Crippen LogP contribution in [0, 0.1) is 0 Å². The maximum atomic E-state index is 11.1. The number of likely N-dealkylation sites (N-methyl/N-ethyl adjacent to an activating group) is 1. The minimum absolute atomic E-state index is 0.163. The zero-order valence-electron chi connectivity index (χ0n) is 10.0. The summed E-state index contributed by atoms with van der Waals surface area (Å²) in [5, 5.41) is 0.608. The van der Waals surface area contributed by atoms with Gasteiger partial charge in [-0.05, 0) is 25.5 Å². The smallest absolute Gasteiger partial charge is 0.152 e. The van der Waals surface area contributed by atoms with E-state index in [9.17, 15) is 4.79 Å². The topological polar surface area (TPSA) is 29.5 Å². The number of carbonyl (C=O) groups is 1. The molecule has 1 saturated heterocycles. The summed E-state index contributed by atoms with van der Waals surface area (Å²) >= 11 is 6.19. The molecule has 0 bridgehead atoms. The standard InChI is InChI=1S/C13H16ClNO2/c1-9-12(6-7-17-9)15(2)13-10(8-16)4-3-5-11(13)14/h3-5,8-9,12H,6-7H2,1-2H3. The van der Waals surface area contributed by atoms with Crippen LogP contribution in [-0.2, 0) is 4.74 Å². The van der Waals surface area contributed by atoms with Crippen molar-refractivity contribution in [3.8, 4) is 0 Å². The number of anilines is 1. The van der Waals surface area contributed by atoms with Crippen molar-refractivity contribution in [2.75, 3.05) is 18.6 Å². The summed E-state index contributed by atoms with van der Waals surface area (Å²) in [4.78, 5) is 13.1. The number of aldehydes is 1. The number of nitrogens with zero attached hydrogens (tertiary/aromatic N) is 1. The van der Waals surface area contributed by atoms with E-state index in [2.05, 4.69) is 4.90 Å². The fraction of sp³-hybridized carbons (Fsp3) is 0.462. The Bertz CT molecular complexity index is 422. The van der Waals surface area contributed by atoms with E-state index in [0.29, 0.717) is 10.6 Å². The second kappa shape index (κ2) is 5.07. The van der Waals surface area contributed by atoms with Crippen LogP contribution < -0.4 is 4.90 Å². The van der Waals surface area contributed by atoms with Crippen molar-refractivity contribution in [2.24, 2.45) is 0 Å². The maximum Gasteiger partial charge on any atom is 0.152 e. The van der Waals surface area contributed by atoms with Crippen LogP contribution >= 0.6 is 11.6 Å². The van der Waals surface area contributed by atoms with Crippen molar-refractivity contribution < 1.29 is 9.53 Å². The Morgan fingerprint density at radius 3 is 2.88 bits per heavy atom. The lowest BCUT2D eigenvalue weighted by atomic mass is 10.1. The van der Waals surface area contributed by atoms with Crippen LogP contribution in [-0.4, -0.2) is 32.1 Å². The molecule has 0 N–H and O–H groups in total. The lowest BCUT2D eigenvalue weighted by Crippen LogP contribution is -2.37. The normalized spacial score (nSPS) is 23.7. The molecule has 1 heterocycles. The van der Waals surface area contributed by atoms with Crippen LogP contribution in [0.5, 0.6) is 0 Å². The molecule has 0 aliphatic carbocycles. The minimum atomic E-state index is 0.163. The van der Waals surface area contributed by atoms with Crippen LogP contribution in [0.4, 0.5) is 5.69 Å². The quantitative estimate of drug-likeness (QED) is 0.776. The van der Waals surface area contributed by atoms with Crippen molar-refractivity contribution in [1.82, 2.24) is 0 Å². The van der Waals surface area contributed by atoms with Crippen LogP contribution in [0.3, 0.4) is 0 Å². The van der Waals surface area contributed by atoms with Crippen LogP contribution in [0.1, 0.15) is 23.7 Å². The lowest BCUT2D eigenvalue weighted by molar-refractivity contribution is 0.112. The van der Waals surface area contributed by atoms with Gasteiger partial charge in [-0.25, -0.2) is 0 Å². The average molecular weight is 254 g/mol. The highest BCUT2D eigenvalue weighted by molar-refractivity contribution is 6.33. The molecule has 2 unspecified atom stereocenters. The van der Waals surface area contributed by atoms with Gasteiger partial charge in [0.1, 0.15) is 0 Å². The zero-order chi connectivity index (χ0) is 12.4. The number of halogens is 1. The first kappa shape index (κ1) is 12.4. The molecule has 0 aromatic heterocycles. The van der Waals surface area contributed by atoms with Crippen molar-refractivity contribution in [3.63, 3.8) is 0 Å². The Hall–Kier alpha value is -1.06. The molecule has 0 saturated carbocycles. The Balaban J connectivity index is 2.35. The molecule has 0 amide bonds. The fourth-order valence-electron chi connectivity index (χ4n) is 2.39. The first-order valence-electron chi connectivity index (χ1n) is 5.73. The fourth-order valence-corrected chi connectivity index (χ4v) is 2.71. The molecule has 1 aliphatic heterocycles. The molecular weight excluding hydrogens is 238 g/mol. The molecule has 1 aromatic rings. The molecule has 0 spiro atoms. The third kappa shape index (κ3) is 2.31. The van der Waals surface area contributed by atoms with Crippen LogP contribution in [0.2, 0.25) is 5.02 Å². The predicted octanol–water partition coefficient (Wildman–Crippen LogP) is 2.77. The highest BCUT2D eigenvalue weighted by Gasteiger charge is 2.29. The molecule has 0 radical (unpaired) electrons. The highest BCUT2D eigenvalue weighted by atomic mass is 35.5. The van der Waals surface area contributed by atoms with E-state index in [-0.39, 0.29) is 12.1 Å². The number of benzene rings is 1. The van der Waals surface area contributed by atoms with Gasteiger partial charge in [-0.1, -0.05) is 17.7 Å². The van der Waals surface area contributed by atoms with Gasteiger partial charge < -0.3 is 9.64 Å². The van der Waals surface area contributed by atoms with Crippen molar-refractivity contribution >= 4 is 23.6 Å². The van der Waals surface area contributed by atoms with E-state index >= 15 is 0 Å². The third-order valence-electron chi connectivity index (χ3n) is 3.33. The van der Waals surface area contributed by atoms with Crippen LogP contribution in [0.15, 0.2) is 18.2 Å². The van der Waals surface area contributed by atoms with E-state index in [1.54, 1.807) is 18.2 Å². The first-order valence-corrected chi connectivity index (χ1v) is 6.11. The molecule has 4 heteroatoms. The van der Waals surface area contributed by atoms with Gasteiger partial charge in [0.15, 0.2) is 6.29 Å². The monoisotopic (exact) mass is 253 g/mol. The van der Waals surface area contributed by atoms with Gasteiger partial charge in [-0.2, -0.15) is 0 Å². The van der Waals surface area contributed by atoms with Gasteiger partial charge in [-0.3, -0.25) is 4.79 Å². The molecule has 2 atom stereocenters. The molecule has 1 fully saturated rings. The SMILES string of the molecule is CC1OCCC1N(C)c1c(Cl)cccc1C=O. The molecular formula is C13H16ClNO2. The molecule has 17 heavy (non-hydrogen) atoms. The molecule has 92 valence electrons. The second-order valence-corrected chi connectivity index (χ2v) is 4.75. The first-order chi connectivity index (χ1) is 8.15. The number of hydrogen-bond donors (Lipinski definition) is 0. The average Bonchev–Trinajstić information content (AvgIpc) is 2.74. The Kier molecular flexibility index (Phi) is 3.69. The van der Waals surface area contributed by atoms with E-state index in [4.69, 9.17) is 16.3 Å². The van der Waals surface area contributed by atoms with Gasteiger partial charge in [0.25, 0.3) is 0 Å². The third-order valence-corrected chi connectivity index (χ3v) is 3.64. The molecule has 1 aromatic carbocycles. The molecule has 3 nitrogen and oxygen atoms in total. The van der Waals surface area contributed by atoms with Gasteiger partial charge in [0, 0.05) is 19.2 Å². The minimum Gasteiger partial charge on any atom is -0.376 e. The van der Waals surface area contributed by atoms with E-state index in [1.165, 1.54) is 0 Å². The zero-order valence-corrected chi connectivity index (χ0v) is 10.8. The number of rotatable bonds is 3. The number of para-hydroxylation sites is 1.